The van der Waals surface area contributed by atoms with Crippen molar-refractivity contribution < 1.29 is 19.0 Å². The van der Waals surface area contributed by atoms with E-state index in [2.05, 4.69) is 6.92 Å². The number of benzene rings is 2. The van der Waals surface area contributed by atoms with E-state index in [1.54, 1.807) is 45.6 Å². The molecule has 0 fully saturated rings. The molecule has 0 spiro atoms. The first-order valence-corrected chi connectivity index (χ1v) is 7.73. The molecule has 0 unspecified atom stereocenters. The van der Waals surface area contributed by atoms with Crippen LogP contribution in [0.5, 0.6) is 17.2 Å². The highest BCUT2D eigenvalue weighted by Crippen LogP contribution is 2.24. The molecule has 0 radical (unpaired) electrons. The summed E-state index contributed by atoms with van der Waals surface area (Å²) in [5, 5.41) is 0. The Hall–Kier alpha value is -2.75. The van der Waals surface area contributed by atoms with E-state index in [1.165, 1.54) is 11.6 Å². The van der Waals surface area contributed by atoms with Crippen molar-refractivity contribution in [1.82, 2.24) is 0 Å². The fourth-order valence-corrected chi connectivity index (χ4v) is 2.35. The number of ketones is 1. The molecule has 0 saturated heterocycles. The summed E-state index contributed by atoms with van der Waals surface area (Å²) >= 11 is 0. The Bertz CT molecular complexity index is 725. The summed E-state index contributed by atoms with van der Waals surface area (Å²) in [5.74, 6) is 1.77. The minimum atomic E-state index is -0.129. The molecule has 0 saturated carbocycles. The van der Waals surface area contributed by atoms with Gasteiger partial charge in [0.05, 0.1) is 21.3 Å². The Labute approximate surface area is 142 Å². The Balaban J connectivity index is 2.31. The first-order valence-electron chi connectivity index (χ1n) is 7.73. The standard InChI is InChI=1S/C20H22O4/c1-5-14-6-9-20(24-4)15(10-14)7-8-19(21)16-11-17(22-2)13-18(12-16)23-3/h6-13H,5H2,1-4H3. The van der Waals surface area contributed by atoms with Crippen LogP contribution in [0.15, 0.2) is 42.5 Å². The number of hydrogen-bond donors (Lipinski definition) is 0. The van der Waals surface area contributed by atoms with Crippen LogP contribution in [0.2, 0.25) is 0 Å². The number of methoxy groups -OCH3 is 3. The summed E-state index contributed by atoms with van der Waals surface area (Å²) < 4.78 is 15.8. The van der Waals surface area contributed by atoms with Gasteiger partial charge in [0.2, 0.25) is 0 Å². The highest BCUT2D eigenvalue weighted by atomic mass is 16.5. The van der Waals surface area contributed by atoms with Crippen LogP contribution in [0.1, 0.15) is 28.4 Å². The molecule has 2 aromatic carbocycles. The number of aryl methyl sites for hydroxylation is 1. The molecule has 0 heterocycles. The number of carbonyl (C=O) groups excluding carboxylic acids is 1. The number of rotatable bonds is 7. The molecular formula is C20H22O4. The van der Waals surface area contributed by atoms with Crippen molar-refractivity contribution in [2.45, 2.75) is 13.3 Å². The summed E-state index contributed by atoms with van der Waals surface area (Å²) in [6.07, 6.45) is 4.23. The first-order chi connectivity index (χ1) is 11.6. The van der Waals surface area contributed by atoms with Crippen molar-refractivity contribution in [2.75, 3.05) is 21.3 Å². The van der Waals surface area contributed by atoms with Gasteiger partial charge >= 0.3 is 0 Å². The van der Waals surface area contributed by atoms with Gasteiger partial charge in [0, 0.05) is 17.2 Å². The molecule has 0 atom stereocenters. The van der Waals surface area contributed by atoms with E-state index in [4.69, 9.17) is 14.2 Å². The predicted octanol–water partition coefficient (Wildman–Crippen LogP) is 4.17. The van der Waals surface area contributed by atoms with E-state index >= 15 is 0 Å². The minimum Gasteiger partial charge on any atom is -0.497 e. The van der Waals surface area contributed by atoms with Crippen molar-refractivity contribution in [2.24, 2.45) is 0 Å². The maximum absolute atomic E-state index is 12.5. The van der Waals surface area contributed by atoms with Crippen LogP contribution in [-0.4, -0.2) is 27.1 Å². The second kappa shape index (κ2) is 8.20. The minimum absolute atomic E-state index is 0.129. The molecule has 0 amide bonds. The van der Waals surface area contributed by atoms with E-state index in [-0.39, 0.29) is 5.78 Å². The topological polar surface area (TPSA) is 44.8 Å². The van der Waals surface area contributed by atoms with Crippen molar-refractivity contribution in [3.63, 3.8) is 0 Å². The SMILES string of the molecule is CCc1ccc(OC)c(C=CC(=O)c2cc(OC)cc(OC)c2)c1. The van der Waals surface area contributed by atoms with E-state index in [9.17, 15) is 4.79 Å². The average Bonchev–Trinajstić information content (AvgIpc) is 2.65. The van der Waals surface area contributed by atoms with Crippen LogP contribution < -0.4 is 14.2 Å². The van der Waals surface area contributed by atoms with Crippen molar-refractivity contribution in [1.29, 1.82) is 0 Å². The van der Waals surface area contributed by atoms with Crippen LogP contribution >= 0.6 is 0 Å². The number of allylic oxidation sites excluding steroid dienone is 1. The largest absolute Gasteiger partial charge is 0.497 e. The Morgan fingerprint density at radius 2 is 1.62 bits per heavy atom. The van der Waals surface area contributed by atoms with Gasteiger partial charge in [-0.05, 0) is 48.4 Å². The predicted molar refractivity (Wildman–Crippen MR) is 95.3 cm³/mol. The van der Waals surface area contributed by atoms with E-state index in [1.807, 2.05) is 18.2 Å². The molecule has 4 heteroatoms. The van der Waals surface area contributed by atoms with Crippen LogP contribution in [0.25, 0.3) is 6.08 Å². The van der Waals surface area contributed by atoms with Crippen molar-refractivity contribution >= 4 is 11.9 Å². The van der Waals surface area contributed by atoms with Gasteiger partial charge in [-0.2, -0.15) is 0 Å². The zero-order valence-electron chi connectivity index (χ0n) is 14.5. The van der Waals surface area contributed by atoms with Crippen LogP contribution in [0, 0.1) is 0 Å². The summed E-state index contributed by atoms with van der Waals surface area (Å²) in [4.78, 5) is 12.5. The zero-order chi connectivity index (χ0) is 17.5. The third-order valence-corrected chi connectivity index (χ3v) is 3.75. The molecule has 0 aliphatic rings. The van der Waals surface area contributed by atoms with Gasteiger partial charge in [-0.15, -0.1) is 0 Å². The van der Waals surface area contributed by atoms with Gasteiger partial charge in [-0.25, -0.2) is 0 Å². The van der Waals surface area contributed by atoms with Gasteiger partial charge in [0.25, 0.3) is 0 Å². The second-order valence-electron chi connectivity index (χ2n) is 5.23. The molecule has 2 rings (SSSR count). The highest BCUT2D eigenvalue weighted by molar-refractivity contribution is 6.07. The van der Waals surface area contributed by atoms with Gasteiger partial charge in [-0.1, -0.05) is 13.0 Å². The maximum atomic E-state index is 12.5. The Morgan fingerprint density at radius 1 is 0.958 bits per heavy atom. The summed E-state index contributed by atoms with van der Waals surface area (Å²) in [7, 11) is 4.73. The number of ether oxygens (including phenoxy) is 3. The fourth-order valence-electron chi connectivity index (χ4n) is 2.35. The van der Waals surface area contributed by atoms with Gasteiger partial charge < -0.3 is 14.2 Å². The summed E-state index contributed by atoms with van der Waals surface area (Å²) in [6.45, 7) is 2.09. The van der Waals surface area contributed by atoms with Gasteiger partial charge in [-0.3, -0.25) is 4.79 Å². The van der Waals surface area contributed by atoms with Gasteiger partial charge in [0.1, 0.15) is 17.2 Å². The highest BCUT2D eigenvalue weighted by Gasteiger charge is 2.08. The van der Waals surface area contributed by atoms with E-state index in [0.717, 1.165) is 17.7 Å². The zero-order valence-corrected chi connectivity index (χ0v) is 14.5. The molecule has 0 N–H and O–H groups in total. The average molecular weight is 326 g/mol. The monoisotopic (exact) mass is 326 g/mol. The lowest BCUT2D eigenvalue weighted by molar-refractivity contribution is 0.104. The quantitative estimate of drug-likeness (QED) is 0.566. The van der Waals surface area contributed by atoms with Gasteiger partial charge in [0.15, 0.2) is 5.78 Å². The molecule has 0 aromatic heterocycles. The molecule has 4 nitrogen and oxygen atoms in total. The van der Waals surface area contributed by atoms with Crippen LogP contribution in [0.4, 0.5) is 0 Å². The Kier molecular flexibility index (Phi) is 6.01. The van der Waals surface area contributed by atoms with Crippen LogP contribution in [-0.2, 0) is 6.42 Å². The third kappa shape index (κ3) is 4.16. The van der Waals surface area contributed by atoms with E-state index < -0.39 is 0 Å². The number of hydrogen-bond acceptors (Lipinski definition) is 4. The summed E-state index contributed by atoms with van der Waals surface area (Å²) in [6, 6.07) is 11.1. The van der Waals surface area contributed by atoms with Crippen LogP contribution in [0.3, 0.4) is 0 Å². The first kappa shape index (κ1) is 17.6. The van der Waals surface area contributed by atoms with E-state index in [0.29, 0.717) is 17.1 Å². The molecule has 0 aliphatic carbocycles. The lowest BCUT2D eigenvalue weighted by Crippen LogP contribution is -1.97. The maximum Gasteiger partial charge on any atom is 0.186 e. The Morgan fingerprint density at radius 3 is 2.17 bits per heavy atom. The molecule has 0 bridgehead atoms. The van der Waals surface area contributed by atoms with Crippen molar-refractivity contribution in [3.05, 3.63) is 59.2 Å². The smallest absolute Gasteiger partial charge is 0.186 e. The molecule has 24 heavy (non-hydrogen) atoms. The van der Waals surface area contributed by atoms with Crippen molar-refractivity contribution in [3.8, 4) is 17.2 Å². The fraction of sp³-hybridized carbons (Fsp3) is 0.250. The molecule has 0 aliphatic heterocycles. The third-order valence-electron chi connectivity index (χ3n) is 3.75. The summed E-state index contributed by atoms with van der Waals surface area (Å²) in [5.41, 5.74) is 2.57. The second-order valence-corrected chi connectivity index (χ2v) is 5.23. The number of carbonyl (C=O) groups is 1. The normalized spacial score (nSPS) is 10.7. The molecular weight excluding hydrogens is 304 g/mol. The lowest BCUT2D eigenvalue weighted by Gasteiger charge is -2.08. The molecule has 2 aromatic rings. The lowest BCUT2D eigenvalue weighted by atomic mass is 10.0. The molecule has 126 valence electrons.